The largest absolute Gasteiger partial charge is 0.379 e. The minimum atomic E-state index is -0.120. The molecule has 0 radical (unpaired) electrons. The summed E-state index contributed by atoms with van der Waals surface area (Å²) < 4.78 is 6.79. The average Bonchev–Trinajstić information content (AvgIpc) is 3.02. The summed E-state index contributed by atoms with van der Waals surface area (Å²) in [5.74, 6) is 0.805. The van der Waals surface area contributed by atoms with E-state index in [-0.39, 0.29) is 18.4 Å². The Kier molecular flexibility index (Phi) is 3.92. The van der Waals surface area contributed by atoms with Gasteiger partial charge in [-0.15, -0.1) is 5.10 Å². The lowest BCUT2D eigenvalue weighted by Crippen LogP contribution is -2.30. The number of nitrogens with two attached hydrogens (primary N) is 1. The van der Waals surface area contributed by atoms with Crippen LogP contribution in [0, 0.1) is 5.92 Å². The number of carbonyl (C=O) groups excluding carboxylic acids is 1. The Morgan fingerprint density at radius 3 is 3.12 bits per heavy atom. The van der Waals surface area contributed by atoms with Crippen molar-refractivity contribution in [2.45, 2.75) is 19.4 Å². The highest BCUT2D eigenvalue weighted by Gasteiger charge is 2.20. The molecule has 17 heavy (non-hydrogen) atoms. The topological polar surface area (TPSA) is 95.1 Å². The first-order valence-corrected chi connectivity index (χ1v) is 5.73. The summed E-state index contributed by atoms with van der Waals surface area (Å²) in [4.78, 5) is 15.2. The summed E-state index contributed by atoms with van der Waals surface area (Å²) in [5, 5.41) is 6.56. The average molecular weight is 239 g/mol. The SMILES string of the molecule is Nc1ncn(CC(=O)NCCOCC2CC2)n1. The number of nitrogen functional groups attached to an aromatic ring is 1. The molecule has 1 aromatic rings. The van der Waals surface area contributed by atoms with Gasteiger partial charge in [0.05, 0.1) is 6.61 Å². The predicted octanol–water partition coefficient (Wildman–Crippen LogP) is -0.597. The number of rotatable bonds is 7. The Labute approximate surface area is 99.3 Å². The van der Waals surface area contributed by atoms with Gasteiger partial charge in [-0.05, 0) is 18.8 Å². The number of carbonyl (C=O) groups is 1. The Balaban J connectivity index is 1.54. The maximum atomic E-state index is 11.4. The van der Waals surface area contributed by atoms with E-state index >= 15 is 0 Å². The van der Waals surface area contributed by atoms with E-state index in [2.05, 4.69) is 15.4 Å². The van der Waals surface area contributed by atoms with Crippen LogP contribution in [0.5, 0.6) is 0 Å². The van der Waals surface area contributed by atoms with Crippen LogP contribution in [0.1, 0.15) is 12.8 Å². The fourth-order valence-electron chi connectivity index (χ4n) is 1.39. The van der Waals surface area contributed by atoms with Crippen LogP contribution in [0.15, 0.2) is 6.33 Å². The number of nitrogens with zero attached hydrogens (tertiary/aromatic N) is 3. The number of anilines is 1. The van der Waals surface area contributed by atoms with Crippen molar-refractivity contribution in [3.05, 3.63) is 6.33 Å². The number of hydrogen-bond donors (Lipinski definition) is 2. The second-order valence-corrected chi connectivity index (χ2v) is 4.17. The number of nitrogens with one attached hydrogen (secondary N) is 1. The van der Waals surface area contributed by atoms with E-state index in [1.54, 1.807) is 0 Å². The molecule has 1 aliphatic carbocycles. The van der Waals surface area contributed by atoms with E-state index < -0.39 is 0 Å². The van der Waals surface area contributed by atoms with Crippen LogP contribution in [0.25, 0.3) is 0 Å². The number of amides is 1. The molecule has 1 aromatic heterocycles. The molecule has 7 nitrogen and oxygen atoms in total. The molecule has 0 bridgehead atoms. The van der Waals surface area contributed by atoms with E-state index in [1.165, 1.54) is 23.9 Å². The van der Waals surface area contributed by atoms with Gasteiger partial charge in [0.2, 0.25) is 11.9 Å². The highest BCUT2D eigenvalue weighted by Crippen LogP contribution is 2.28. The van der Waals surface area contributed by atoms with Crippen molar-refractivity contribution in [1.29, 1.82) is 0 Å². The molecule has 1 fully saturated rings. The Hall–Kier alpha value is -1.63. The molecule has 0 atom stereocenters. The van der Waals surface area contributed by atoms with E-state index in [1.807, 2.05) is 0 Å². The van der Waals surface area contributed by atoms with Crippen molar-refractivity contribution in [3.8, 4) is 0 Å². The maximum absolute atomic E-state index is 11.4. The Morgan fingerprint density at radius 2 is 2.47 bits per heavy atom. The normalized spacial score (nSPS) is 14.8. The molecular weight excluding hydrogens is 222 g/mol. The number of ether oxygens (including phenoxy) is 1. The molecule has 0 aromatic carbocycles. The first-order valence-electron chi connectivity index (χ1n) is 5.73. The summed E-state index contributed by atoms with van der Waals surface area (Å²) >= 11 is 0. The minimum absolute atomic E-state index is 0.120. The highest BCUT2D eigenvalue weighted by atomic mass is 16.5. The number of hydrogen-bond acceptors (Lipinski definition) is 5. The number of aromatic nitrogens is 3. The van der Waals surface area contributed by atoms with Gasteiger partial charge in [-0.2, -0.15) is 0 Å². The van der Waals surface area contributed by atoms with Crippen molar-refractivity contribution >= 4 is 11.9 Å². The van der Waals surface area contributed by atoms with Crippen LogP contribution in [0.2, 0.25) is 0 Å². The van der Waals surface area contributed by atoms with Gasteiger partial charge < -0.3 is 15.8 Å². The van der Waals surface area contributed by atoms with Crippen molar-refractivity contribution in [3.63, 3.8) is 0 Å². The quantitative estimate of drug-likeness (QED) is 0.620. The molecule has 2 rings (SSSR count). The zero-order chi connectivity index (χ0) is 12.1. The van der Waals surface area contributed by atoms with E-state index in [0.717, 1.165) is 12.5 Å². The highest BCUT2D eigenvalue weighted by molar-refractivity contribution is 5.75. The molecule has 94 valence electrons. The Bertz CT molecular complexity index is 375. The predicted molar refractivity (Wildman–Crippen MR) is 61.0 cm³/mol. The van der Waals surface area contributed by atoms with E-state index in [4.69, 9.17) is 10.5 Å². The summed E-state index contributed by atoms with van der Waals surface area (Å²) in [6, 6.07) is 0. The van der Waals surface area contributed by atoms with Crippen LogP contribution in [0.3, 0.4) is 0 Å². The molecule has 0 aliphatic heterocycles. The smallest absolute Gasteiger partial charge is 0.241 e. The molecule has 0 unspecified atom stereocenters. The molecule has 3 N–H and O–H groups in total. The van der Waals surface area contributed by atoms with Crippen LogP contribution in [-0.2, 0) is 16.1 Å². The molecule has 0 saturated heterocycles. The van der Waals surface area contributed by atoms with Gasteiger partial charge in [0.1, 0.15) is 12.9 Å². The third kappa shape index (κ3) is 4.39. The summed E-state index contributed by atoms with van der Waals surface area (Å²) in [5.41, 5.74) is 5.33. The zero-order valence-corrected chi connectivity index (χ0v) is 9.63. The molecule has 1 heterocycles. The first-order chi connectivity index (χ1) is 8.24. The second kappa shape index (κ2) is 5.62. The van der Waals surface area contributed by atoms with E-state index in [0.29, 0.717) is 13.2 Å². The lowest BCUT2D eigenvalue weighted by Gasteiger charge is -2.05. The van der Waals surface area contributed by atoms with Crippen LogP contribution >= 0.6 is 0 Å². The molecule has 1 amide bonds. The van der Waals surface area contributed by atoms with E-state index in [9.17, 15) is 4.79 Å². The van der Waals surface area contributed by atoms with Gasteiger partial charge in [0, 0.05) is 13.2 Å². The van der Waals surface area contributed by atoms with Crippen LogP contribution < -0.4 is 11.1 Å². The van der Waals surface area contributed by atoms with Crippen molar-refractivity contribution < 1.29 is 9.53 Å². The Morgan fingerprint density at radius 1 is 1.65 bits per heavy atom. The summed E-state index contributed by atoms with van der Waals surface area (Å²) in [6.07, 6.45) is 3.98. The molecule has 1 saturated carbocycles. The monoisotopic (exact) mass is 239 g/mol. The zero-order valence-electron chi connectivity index (χ0n) is 9.63. The maximum Gasteiger partial charge on any atom is 0.241 e. The van der Waals surface area contributed by atoms with Gasteiger partial charge >= 0.3 is 0 Å². The fraction of sp³-hybridized carbons (Fsp3) is 0.700. The lowest BCUT2D eigenvalue weighted by molar-refractivity contribution is -0.122. The lowest BCUT2D eigenvalue weighted by atomic mass is 10.5. The second-order valence-electron chi connectivity index (χ2n) is 4.17. The fourth-order valence-corrected chi connectivity index (χ4v) is 1.39. The van der Waals surface area contributed by atoms with Crippen molar-refractivity contribution in [2.24, 2.45) is 5.92 Å². The summed E-state index contributed by atoms with van der Waals surface area (Å²) in [7, 11) is 0. The minimum Gasteiger partial charge on any atom is -0.379 e. The first kappa shape index (κ1) is 11.8. The van der Waals surface area contributed by atoms with Gasteiger partial charge in [-0.25, -0.2) is 9.67 Å². The van der Waals surface area contributed by atoms with Crippen LogP contribution in [0.4, 0.5) is 5.95 Å². The van der Waals surface area contributed by atoms with Gasteiger partial charge in [-0.3, -0.25) is 4.79 Å². The van der Waals surface area contributed by atoms with Crippen molar-refractivity contribution in [1.82, 2.24) is 20.1 Å². The third-order valence-corrected chi connectivity index (χ3v) is 2.48. The van der Waals surface area contributed by atoms with Crippen molar-refractivity contribution in [2.75, 3.05) is 25.5 Å². The molecule has 0 spiro atoms. The summed E-state index contributed by atoms with van der Waals surface area (Å²) in [6.45, 7) is 2.03. The molecule has 7 heteroatoms. The standard InChI is InChI=1S/C10H17N5O2/c11-10-13-7-15(14-10)5-9(16)12-3-4-17-6-8-1-2-8/h7-8H,1-6H2,(H2,11,14)(H,12,16). The van der Waals surface area contributed by atoms with Gasteiger partial charge in [0.25, 0.3) is 0 Å². The molecule has 1 aliphatic rings. The van der Waals surface area contributed by atoms with Gasteiger partial charge in [0.15, 0.2) is 0 Å². The molecular formula is C10H17N5O2. The third-order valence-electron chi connectivity index (χ3n) is 2.48. The van der Waals surface area contributed by atoms with Crippen LogP contribution in [-0.4, -0.2) is 40.4 Å². The van der Waals surface area contributed by atoms with Gasteiger partial charge in [-0.1, -0.05) is 0 Å².